The molecule has 3 saturated heterocycles. The molecule has 14 heteroatoms. The summed E-state index contributed by atoms with van der Waals surface area (Å²) >= 11 is 8.64. The summed E-state index contributed by atoms with van der Waals surface area (Å²) in [5.41, 5.74) is 0. The molecule has 1 N–H and O–H groups in total. The van der Waals surface area contributed by atoms with Crippen LogP contribution in [0.3, 0.4) is 0 Å². The molecule has 1 aromatic carbocycles. The molecule has 3 aliphatic heterocycles. The number of fused-ring (bicyclic) bond motifs is 1. The molecule has 6 rings (SSSR count). The molecule has 0 bridgehead atoms. The number of rotatable bonds is 8. The molecular formula is C29H34ClN5O5S3. The van der Waals surface area contributed by atoms with Crippen molar-refractivity contribution in [2.45, 2.75) is 42.0 Å². The second kappa shape index (κ2) is 12.8. The van der Waals surface area contributed by atoms with Crippen molar-refractivity contribution < 1.29 is 22.8 Å². The van der Waals surface area contributed by atoms with Crippen molar-refractivity contribution in [1.29, 1.82) is 0 Å². The molecule has 3 aromatic rings. The first-order valence-electron chi connectivity index (χ1n) is 14.5. The highest BCUT2D eigenvalue weighted by molar-refractivity contribution is 7.91. The van der Waals surface area contributed by atoms with Crippen LogP contribution < -0.4 is 4.72 Å². The van der Waals surface area contributed by atoms with E-state index in [-0.39, 0.29) is 34.5 Å². The standard InChI is InChI=1S/C29H34ClN5O5S3/c30-21-7-8-24-20(16-21)17-27(42-24)43(39,40)31-23-5-2-9-34(28(23)37)19-26(36)35-10-1-4-22(35)18-32-11-13-33(14-12-32)29(38)25-6-3-15-41-25/h3,6-8,15-17,22-23,31H,1-2,4-5,9-14,18-19H2. The number of amides is 3. The molecule has 10 nitrogen and oxygen atoms in total. The number of sulfonamides is 1. The molecule has 2 aromatic heterocycles. The highest BCUT2D eigenvalue weighted by Gasteiger charge is 2.37. The molecule has 2 unspecified atom stereocenters. The maximum Gasteiger partial charge on any atom is 0.264 e. The fourth-order valence-electron chi connectivity index (χ4n) is 6.17. The van der Waals surface area contributed by atoms with Gasteiger partial charge in [0.15, 0.2) is 0 Å². The zero-order chi connectivity index (χ0) is 30.1. The molecule has 5 heterocycles. The van der Waals surface area contributed by atoms with Crippen molar-refractivity contribution >= 4 is 72.1 Å². The molecule has 0 radical (unpaired) electrons. The molecule has 3 amide bonds. The third kappa shape index (κ3) is 6.76. The van der Waals surface area contributed by atoms with E-state index in [1.54, 1.807) is 24.3 Å². The summed E-state index contributed by atoms with van der Waals surface area (Å²) in [7, 11) is -3.93. The Labute approximate surface area is 264 Å². The molecule has 0 spiro atoms. The van der Waals surface area contributed by atoms with Gasteiger partial charge in [-0.15, -0.1) is 22.7 Å². The Hall–Kier alpha value is -2.55. The Balaban J connectivity index is 1.03. The van der Waals surface area contributed by atoms with Crippen molar-refractivity contribution in [1.82, 2.24) is 24.3 Å². The Morgan fingerprint density at radius 2 is 1.79 bits per heavy atom. The van der Waals surface area contributed by atoms with Crippen LogP contribution in [0.15, 0.2) is 46.0 Å². The van der Waals surface area contributed by atoms with Gasteiger partial charge in [-0.1, -0.05) is 17.7 Å². The lowest BCUT2D eigenvalue weighted by atomic mass is 10.1. The largest absolute Gasteiger partial charge is 0.337 e. The minimum absolute atomic E-state index is 0.0575. The highest BCUT2D eigenvalue weighted by atomic mass is 35.5. The van der Waals surface area contributed by atoms with E-state index in [1.807, 2.05) is 27.3 Å². The van der Waals surface area contributed by atoms with Gasteiger partial charge in [0.1, 0.15) is 10.3 Å². The number of nitrogens with zero attached hydrogens (tertiary/aromatic N) is 4. The zero-order valence-corrected chi connectivity index (χ0v) is 26.8. The molecular weight excluding hydrogens is 630 g/mol. The first-order chi connectivity index (χ1) is 20.7. The van der Waals surface area contributed by atoms with E-state index in [0.29, 0.717) is 44.0 Å². The molecule has 0 aliphatic carbocycles. The van der Waals surface area contributed by atoms with Crippen LogP contribution in [0.2, 0.25) is 5.02 Å². The van der Waals surface area contributed by atoms with Crippen molar-refractivity contribution in [2.24, 2.45) is 0 Å². The average molecular weight is 664 g/mol. The number of halogens is 1. The molecule has 230 valence electrons. The van der Waals surface area contributed by atoms with E-state index >= 15 is 0 Å². The normalized spacial score (nSPS) is 22.1. The summed E-state index contributed by atoms with van der Waals surface area (Å²) in [4.78, 5) is 47.8. The summed E-state index contributed by atoms with van der Waals surface area (Å²) in [6.07, 6.45) is 2.79. The average Bonchev–Trinajstić information content (AvgIpc) is 3.76. The van der Waals surface area contributed by atoms with E-state index < -0.39 is 16.1 Å². The van der Waals surface area contributed by atoms with E-state index in [1.165, 1.54) is 16.2 Å². The van der Waals surface area contributed by atoms with Crippen molar-refractivity contribution in [3.05, 3.63) is 51.7 Å². The topological polar surface area (TPSA) is 110 Å². The number of piperazine rings is 1. The van der Waals surface area contributed by atoms with E-state index in [9.17, 15) is 22.8 Å². The first kappa shape index (κ1) is 30.5. The Morgan fingerprint density at radius 1 is 1.00 bits per heavy atom. The number of benzene rings is 1. The van der Waals surface area contributed by atoms with Crippen LogP contribution in [0.1, 0.15) is 35.4 Å². The number of likely N-dealkylation sites (tertiary alicyclic amines) is 2. The highest BCUT2D eigenvalue weighted by Crippen LogP contribution is 2.31. The predicted octanol–water partition coefficient (Wildman–Crippen LogP) is 3.33. The van der Waals surface area contributed by atoms with Gasteiger partial charge in [0, 0.05) is 61.6 Å². The molecule has 0 saturated carbocycles. The smallest absolute Gasteiger partial charge is 0.264 e. The Kier molecular flexibility index (Phi) is 9.09. The first-order valence-corrected chi connectivity index (χ1v) is 18.1. The fraction of sp³-hybridized carbons (Fsp3) is 0.483. The number of thiophene rings is 2. The number of nitrogens with one attached hydrogen (secondary N) is 1. The molecule has 3 fully saturated rings. The fourth-order valence-corrected chi connectivity index (χ4v) is 9.66. The van der Waals surface area contributed by atoms with Gasteiger partial charge in [0.2, 0.25) is 11.8 Å². The quantitative estimate of drug-likeness (QED) is 0.396. The Bertz CT molecular complexity index is 1600. The number of hydrogen-bond donors (Lipinski definition) is 1. The summed E-state index contributed by atoms with van der Waals surface area (Å²) < 4.78 is 29.9. The van der Waals surface area contributed by atoms with Crippen molar-refractivity contribution in [2.75, 3.05) is 52.4 Å². The van der Waals surface area contributed by atoms with Gasteiger partial charge in [-0.2, -0.15) is 4.72 Å². The zero-order valence-electron chi connectivity index (χ0n) is 23.6. The SMILES string of the molecule is O=C(c1cccs1)N1CCN(CC2CCCN2C(=O)CN2CCCC(NS(=O)(=O)c3cc4cc(Cl)ccc4s3)C2=O)CC1. The van der Waals surface area contributed by atoms with Crippen LogP contribution in [0.4, 0.5) is 0 Å². The van der Waals surface area contributed by atoms with Crippen LogP contribution in [0.25, 0.3) is 10.1 Å². The molecule has 3 aliphatic rings. The number of carbonyl (C=O) groups is 3. The lowest BCUT2D eigenvalue weighted by molar-refractivity contribution is -0.143. The number of piperidine rings is 1. The van der Waals surface area contributed by atoms with Gasteiger partial charge in [0.25, 0.3) is 15.9 Å². The lowest BCUT2D eigenvalue weighted by Crippen LogP contribution is -2.56. The van der Waals surface area contributed by atoms with Crippen molar-refractivity contribution in [3.63, 3.8) is 0 Å². The van der Waals surface area contributed by atoms with Gasteiger partial charge in [-0.25, -0.2) is 8.42 Å². The van der Waals surface area contributed by atoms with Gasteiger partial charge in [-0.05, 0) is 66.8 Å². The van der Waals surface area contributed by atoms with Crippen LogP contribution in [-0.4, -0.2) is 110 Å². The minimum atomic E-state index is -3.93. The summed E-state index contributed by atoms with van der Waals surface area (Å²) in [5, 5.41) is 3.16. The Morgan fingerprint density at radius 3 is 2.56 bits per heavy atom. The van der Waals surface area contributed by atoms with E-state index in [4.69, 9.17) is 11.6 Å². The van der Waals surface area contributed by atoms with E-state index in [2.05, 4.69) is 9.62 Å². The van der Waals surface area contributed by atoms with Gasteiger partial charge < -0.3 is 14.7 Å². The van der Waals surface area contributed by atoms with Gasteiger partial charge >= 0.3 is 0 Å². The molecule has 43 heavy (non-hydrogen) atoms. The maximum absolute atomic E-state index is 13.4. The third-order valence-corrected chi connectivity index (χ3v) is 12.6. The maximum atomic E-state index is 13.4. The number of carbonyl (C=O) groups excluding carboxylic acids is 3. The second-order valence-electron chi connectivity index (χ2n) is 11.3. The van der Waals surface area contributed by atoms with Gasteiger partial charge in [-0.3, -0.25) is 19.3 Å². The molecule has 2 atom stereocenters. The number of hydrogen-bond acceptors (Lipinski definition) is 8. The van der Waals surface area contributed by atoms with Crippen molar-refractivity contribution in [3.8, 4) is 0 Å². The monoisotopic (exact) mass is 663 g/mol. The summed E-state index contributed by atoms with van der Waals surface area (Å²) in [6, 6.07) is 9.66. The third-order valence-electron chi connectivity index (χ3n) is 8.43. The van der Waals surface area contributed by atoms with Crippen LogP contribution >= 0.6 is 34.3 Å². The van der Waals surface area contributed by atoms with Crippen LogP contribution in [-0.2, 0) is 19.6 Å². The summed E-state index contributed by atoms with van der Waals surface area (Å²) in [5.74, 6) is -0.394. The predicted molar refractivity (Wildman–Crippen MR) is 168 cm³/mol. The summed E-state index contributed by atoms with van der Waals surface area (Å²) in [6.45, 7) is 4.58. The lowest BCUT2D eigenvalue weighted by Gasteiger charge is -2.38. The van der Waals surface area contributed by atoms with Crippen LogP contribution in [0.5, 0.6) is 0 Å². The van der Waals surface area contributed by atoms with Crippen LogP contribution in [0, 0.1) is 0 Å². The van der Waals surface area contributed by atoms with Gasteiger partial charge in [0.05, 0.1) is 11.4 Å². The van der Waals surface area contributed by atoms with E-state index in [0.717, 1.165) is 58.8 Å². The minimum Gasteiger partial charge on any atom is -0.337 e. The second-order valence-corrected chi connectivity index (χ2v) is 15.7.